The number of aromatic nitrogens is 1. The van der Waals surface area contributed by atoms with Gasteiger partial charge >= 0.3 is 0 Å². The maximum absolute atomic E-state index is 6.12. The third-order valence-electron chi connectivity index (χ3n) is 2.63. The van der Waals surface area contributed by atoms with Gasteiger partial charge in [0.1, 0.15) is 18.2 Å². The SMILES string of the molecule is CCNc1cccc(COc2ccc(C)cc2Cl)n1. The molecule has 3 nitrogen and oxygen atoms in total. The maximum Gasteiger partial charge on any atom is 0.138 e. The molecule has 0 spiro atoms. The molecule has 1 aromatic carbocycles. The molecule has 0 aliphatic rings. The summed E-state index contributed by atoms with van der Waals surface area (Å²) in [6.07, 6.45) is 0. The van der Waals surface area contributed by atoms with Gasteiger partial charge in [-0.1, -0.05) is 23.7 Å². The molecule has 0 aliphatic heterocycles. The summed E-state index contributed by atoms with van der Waals surface area (Å²) < 4.78 is 5.69. The molecule has 0 atom stereocenters. The van der Waals surface area contributed by atoms with Crippen molar-refractivity contribution >= 4 is 17.4 Å². The minimum absolute atomic E-state index is 0.405. The van der Waals surface area contributed by atoms with Crippen LogP contribution in [0.15, 0.2) is 36.4 Å². The lowest BCUT2D eigenvalue weighted by molar-refractivity contribution is 0.301. The maximum atomic E-state index is 6.12. The van der Waals surface area contributed by atoms with Gasteiger partial charge in [-0.05, 0) is 43.7 Å². The highest BCUT2D eigenvalue weighted by Crippen LogP contribution is 2.25. The summed E-state index contributed by atoms with van der Waals surface area (Å²) in [6, 6.07) is 11.6. The molecule has 4 heteroatoms. The Balaban J connectivity index is 2.03. The second-order valence-electron chi connectivity index (χ2n) is 4.27. The zero-order valence-corrected chi connectivity index (χ0v) is 11.9. The number of hydrogen-bond acceptors (Lipinski definition) is 3. The highest BCUT2D eigenvalue weighted by molar-refractivity contribution is 6.32. The van der Waals surface area contributed by atoms with Crippen LogP contribution in [0.1, 0.15) is 18.2 Å². The first kappa shape index (κ1) is 13.7. The summed E-state index contributed by atoms with van der Waals surface area (Å²) in [6.45, 7) is 5.29. The number of benzene rings is 1. The van der Waals surface area contributed by atoms with Crippen molar-refractivity contribution in [3.8, 4) is 5.75 Å². The second kappa shape index (κ2) is 6.43. The van der Waals surface area contributed by atoms with Crippen LogP contribution in [-0.2, 0) is 6.61 Å². The lowest BCUT2D eigenvalue weighted by Crippen LogP contribution is -2.03. The molecule has 0 saturated carbocycles. The highest BCUT2D eigenvalue weighted by atomic mass is 35.5. The number of nitrogens with one attached hydrogen (secondary N) is 1. The summed E-state index contributed by atoms with van der Waals surface area (Å²) in [5.41, 5.74) is 1.99. The van der Waals surface area contributed by atoms with E-state index < -0.39 is 0 Å². The lowest BCUT2D eigenvalue weighted by atomic mass is 10.2. The van der Waals surface area contributed by atoms with Gasteiger partial charge in [-0.25, -0.2) is 4.98 Å². The smallest absolute Gasteiger partial charge is 0.138 e. The first-order chi connectivity index (χ1) is 9.19. The van der Waals surface area contributed by atoms with Crippen LogP contribution in [0.3, 0.4) is 0 Å². The fourth-order valence-electron chi connectivity index (χ4n) is 1.71. The average Bonchev–Trinajstić information content (AvgIpc) is 2.38. The van der Waals surface area contributed by atoms with E-state index in [2.05, 4.69) is 10.3 Å². The topological polar surface area (TPSA) is 34.1 Å². The summed E-state index contributed by atoms with van der Waals surface area (Å²) in [5, 5.41) is 3.80. The Labute approximate surface area is 118 Å². The molecule has 0 fully saturated rings. The van der Waals surface area contributed by atoms with Gasteiger partial charge in [0.15, 0.2) is 0 Å². The molecule has 1 aromatic heterocycles. The van der Waals surface area contributed by atoms with Crippen LogP contribution in [0.5, 0.6) is 5.75 Å². The van der Waals surface area contributed by atoms with Gasteiger partial charge in [-0.2, -0.15) is 0 Å². The first-order valence-electron chi connectivity index (χ1n) is 6.28. The molecule has 0 unspecified atom stereocenters. The Morgan fingerprint density at radius 3 is 2.84 bits per heavy atom. The molecule has 0 saturated heterocycles. The van der Waals surface area contributed by atoms with Crippen LogP contribution in [-0.4, -0.2) is 11.5 Å². The minimum Gasteiger partial charge on any atom is -0.486 e. The van der Waals surface area contributed by atoms with Crippen LogP contribution >= 0.6 is 11.6 Å². The van der Waals surface area contributed by atoms with E-state index in [4.69, 9.17) is 16.3 Å². The minimum atomic E-state index is 0.405. The number of aryl methyl sites for hydroxylation is 1. The Bertz CT molecular complexity index is 558. The van der Waals surface area contributed by atoms with Crippen LogP contribution in [0, 0.1) is 6.92 Å². The van der Waals surface area contributed by atoms with Gasteiger partial charge in [0.2, 0.25) is 0 Å². The van der Waals surface area contributed by atoms with E-state index in [1.807, 2.05) is 50.2 Å². The van der Waals surface area contributed by atoms with Crippen molar-refractivity contribution in [2.75, 3.05) is 11.9 Å². The second-order valence-corrected chi connectivity index (χ2v) is 4.67. The molecule has 100 valence electrons. The van der Waals surface area contributed by atoms with Gasteiger partial charge in [-0.3, -0.25) is 0 Å². The molecule has 0 amide bonds. The molecule has 1 N–H and O–H groups in total. The summed E-state index contributed by atoms with van der Waals surface area (Å²) in [5.74, 6) is 1.54. The average molecular weight is 277 g/mol. The molecule has 2 aromatic rings. The fourth-order valence-corrected chi connectivity index (χ4v) is 2.00. The van der Waals surface area contributed by atoms with Gasteiger partial charge in [0, 0.05) is 6.54 Å². The largest absolute Gasteiger partial charge is 0.486 e. The number of anilines is 1. The predicted octanol–water partition coefficient (Wildman–Crippen LogP) is 4.05. The predicted molar refractivity (Wildman–Crippen MR) is 78.9 cm³/mol. The molecular weight excluding hydrogens is 260 g/mol. The summed E-state index contributed by atoms with van der Waals surface area (Å²) in [4.78, 5) is 4.45. The van der Waals surface area contributed by atoms with E-state index >= 15 is 0 Å². The normalized spacial score (nSPS) is 10.3. The lowest BCUT2D eigenvalue weighted by Gasteiger charge is -2.09. The van der Waals surface area contributed by atoms with Crippen molar-refractivity contribution in [2.45, 2.75) is 20.5 Å². The van der Waals surface area contributed by atoms with E-state index in [1.54, 1.807) is 0 Å². The summed E-state index contributed by atoms with van der Waals surface area (Å²) in [7, 11) is 0. The van der Waals surface area contributed by atoms with Crippen LogP contribution in [0.2, 0.25) is 5.02 Å². The van der Waals surface area contributed by atoms with Crippen molar-refractivity contribution < 1.29 is 4.74 Å². The molecule has 2 rings (SSSR count). The number of ether oxygens (including phenoxy) is 1. The number of rotatable bonds is 5. The Hall–Kier alpha value is -1.74. The van der Waals surface area contributed by atoms with Gasteiger partial charge in [-0.15, -0.1) is 0 Å². The zero-order valence-electron chi connectivity index (χ0n) is 11.1. The van der Waals surface area contributed by atoms with Gasteiger partial charge in [0.05, 0.1) is 10.7 Å². The number of pyridine rings is 1. The Morgan fingerprint density at radius 1 is 1.26 bits per heavy atom. The summed E-state index contributed by atoms with van der Waals surface area (Å²) >= 11 is 6.12. The molecule has 0 bridgehead atoms. The third kappa shape index (κ3) is 3.86. The quantitative estimate of drug-likeness (QED) is 0.894. The van der Waals surface area contributed by atoms with E-state index in [0.717, 1.165) is 23.6 Å². The van der Waals surface area contributed by atoms with Gasteiger partial charge in [0.25, 0.3) is 0 Å². The van der Waals surface area contributed by atoms with Crippen LogP contribution in [0.4, 0.5) is 5.82 Å². The zero-order chi connectivity index (χ0) is 13.7. The van der Waals surface area contributed by atoms with E-state index in [1.165, 1.54) is 0 Å². The monoisotopic (exact) mass is 276 g/mol. The molecule has 19 heavy (non-hydrogen) atoms. The molecule has 1 heterocycles. The molecule has 0 aliphatic carbocycles. The van der Waals surface area contributed by atoms with E-state index in [0.29, 0.717) is 17.4 Å². The number of halogens is 1. The number of nitrogens with zero attached hydrogens (tertiary/aromatic N) is 1. The van der Waals surface area contributed by atoms with Crippen LogP contribution < -0.4 is 10.1 Å². The Morgan fingerprint density at radius 2 is 2.11 bits per heavy atom. The molecular formula is C15H17ClN2O. The van der Waals surface area contributed by atoms with Crippen molar-refractivity contribution in [3.63, 3.8) is 0 Å². The highest BCUT2D eigenvalue weighted by Gasteiger charge is 2.03. The van der Waals surface area contributed by atoms with Crippen molar-refractivity contribution in [1.82, 2.24) is 4.98 Å². The van der Waals surface area contributed by atoms with E-state index in [-0.39, 0.29) is 0 Å². The van der Waals surface area contributed by atoms with Crippen LogP contribution in [0.25, 0.3) is 0 Å². The Kier molecular flexibility index (Phi) is 4.63. The standard InChI is InChI=1S/C15H17ClN2O/c1-3-17-15-6-4-5-12(18-15)10-19-14-8-7-11(2)9-13(14)16/h4-9H,3,10H2,1-2H3,(H,17,18). The first-order valence-corrected chi connectivity index (χ1v) is 6.65. The molecule has 0 radical (unpaired) electrons. The van der Waals surface area contributed by atoms with Gasteiger partial charge < -0.3 is 10.1 Å². The third-order valence-corrected chi connectivity index (χ3v) is 2.92. The number of hydrogen-bond donors (Lipinski definition) is 1. The fraction of sp³-hybridized carbons (Fsp3) is 0.267. The van der Waals surface area contributed by atoms with Crippen molar-refractivity contribution in [2.24, 2.45) is 0 Å². The van der Waals surface area contributed by atoms with Crippen molar-refractivity contribution in [3.05, 3.63) is 52.7 Å². The van der Waals surface area contributed by atoms with Crippen molar-refractivity contribution in [1.29, 1.82) is 0 Å². The van der Waals surface area contributed by atoms with E-state index in [9.17, 15) is 0 Å².